The molecule has 1 atom stereocenters. The van der Waals surface area contributed by atoms with Crippen LogP contribution in [0.3, 0.4) is 0 Å². The van der Waals surface area contributed by atoms with Crippen molar-refractivity contribution in [1.29, 1.82) is 0 Å². The van der Waals surface area contributed by atoms with E-state index in [9.17, 15) is 5.11 Å². The molecule has 0 aliphatic carbocycles. The fourth-order valence-corrected chi connectivity index (χ4v) is 3.39. The lowest BCUT2D eigenvalue weighted by Crippen LogP contribution is -2.35. The minimum Gasteiger partial charge on any atom is -0.385 e. The maximum Gasteiger partial charge on any atom is 0.137 e. The number of aromatic nitrogens is 3. The van der Waals surface area contributed by atoms with E-state index in [1.54, 1.807) is 17.5 Å². The molecule has 0 radical (unpaired) electrons. The lowest BCUT2D eigenvalue weighted by Gasteiger charge is -2.33. The second-order valence-electron chi connectivity index (χ2n) is 5.43. The summed E-state index contributed by atoms with van der Waals surface area (Å²) < 4.78 is 1.91. The summed E-state index contributed by atoms with van der Waals surface area (Å²) in [5.41, 5.74) is 3.03. The third kappa shape index (κ3) is 2.92. The molecule has 0 saturated carbocycles. The Bertz CT molecular complexity index is 531. The molecule has 0 amide bonds. The Morgan fingerprint density at radius 3 is 2.80 bits per heavy atom. The number of nitrogens with zero attached hydrogens (tertiary/aromatic N) is 4. The van der Waals surface area contributed by atoms with Gasteiger partial charge in [-0.2, -0.15) is 0 Å². The molecule has 0 unspecified atom stereocenters. The third-order valence-electron chi connectivity index (χ3n) is 4.07. The van der Waals surface area contributed by atoms with Crippen LogP contribution in [0.15, 0.2) is 23.3 Å². The number of likely N-dealkylation sites (tertiary alicyclic amines) is 1. The van der Waals surface area contributed by atoms with Gasteiger partial charge in [0.1, 0.15) is 11.9 Å². The van der Waals surface area contributed by atoms with Gasteiger partial charge in [-0.1, -0.05) is 0 Å². The van der Waals surface area contributed by atoms with E-state index < -0.39 is 6.10 Å². The molecule has 1 fully saturated rings. The largest absolute Gasteiger partial charge is 0.385 e. The Labute approximate surface area is 122 Å². The summed E-state index contributed by atoms with van der Waals surface area (Å²) >= 11 is 1.64. The summed E-state index contributed by atoms with van der Waals surface area (Å²) in [4.78, 5) is 11.0. The smallest absolute Gasteiger partial charge is 0.137 e. The Kier molecular flexibility index (Phi) is 4.14. The molecule has 20 heavy (non-hydrogen) atoms. The molecule has 6 heteroatoms. The molecule has 1 N–H and O–H groups in total. The predicted octanol–water partition coefficient (Wildman–Crippen LogP) is 1.82. The van der Waals surface area contributed by atoms with Crippen LogP contribution in [0, 0.1) is 5.92 Å². The van der Waals surface area contributed by atoms with E-state index >= 15 is 0 Å². The van der Waals surface area contributed by atoms with Crippen molar-refractivity contribution in [2.75, 3.05) is 13.1 Å². The summed E-state index contributed by atoms with van der Waals surface area (Å²) in [5.74, 6) is 1.09. The van der Waals surface area contributed by atoms with E-state index in [1.807, 2.05) is 23.3 Å². The number of piperidine rings is 1. The van der Waals surface area contributed by atoms with Crippen LogP contribution in [-0.4, -0.2) is 37.6 Å². The highest BCUT2D eigenvalue weighted by molar-refractivity contribution is 7.07. The van der Waals surface area contributed by atoms with Crippen molar-refractivity contribution < 1.29 is 5.11 Å². The highest BCUT2D eigenvalue weighted by atomic mass is 32.1. The van der Waals surface area contributed by atoms with Gasteiger partial charge in [0.05, 0.1) is 11.2 Å². The average Bonchev–Trinajstić information content (AvgIpc) is 3.10. The van der Waals surface area contributed by atoms with Crippen LogP contribution >= 0.6 is 11.3 Å². The van der Waals surface area contributed by atoms with E-state index in [2.05, 4.69) is 20.2 Å². The van der Waals surface area contributed by atoms with Gasteiger partial charge in [0.15, 0.2) is 0 Å². The quantitative estimate of drug-likeness (QED) is 0.934. The summed E-state index contributed by atoms with van der Waals surface area (Å²) in [6.07, 6.45) is 5.21. The normalized spacial score (nSPS) is 19.3. The first-order valence-electron chi connectivity index (χ1n) is 6.98. The third-order valence-corrected chi connectivity index (χ3v) is 4.71. The van der Waals surface area contributed by atoms with Crippen LogP contribution in [0.1, 0.15) is 30.5 Å². The van der Waals surface area contributed by atoms with Crippen molar-refractivity contribution in [3.05, 3.63) is 34.8 Å². The zero-order chi connectivity index (χ0) is 13.9. The fraction of sp³-hybridized carbons (Fsp3) is 0.571. The number of aliphatic hydroxyl groups excluding tert-OH is 1. The van der Waals surface area contributed by atoms with Crippen molar-refractivity contribution in [2.45, 2.75) is 25.5 Å². The van der Waals surface area contributed by atoms with Crippen LogP contribution in [0.4, 0.5) is 0 Å². The lowest BCUT2D eigenvalue weighted by atomic mass is 9.90. The number of aliphatic hydroxyl groups is 1. The molecule has 3 heterocycles. The average molecular weight is 292 g/mol. The Morgan fingerprint density at radius 1 is 1.40 bits per heavy atom. The van der Waals surface area contributed by atoms with E-state index in [4.69, 9.17) is 0 Å². The molecule has 5 nitrogen and oxygen atoms in total. The summed E-state index contributed by atoms with van der Waals surface area (Å²) in [6.45, 7) is 2.96. The standard InChI is InChI=1S/C14H20N4OS/c1-17-7-4-15-14(17)13(19)11-2-5-18(6-3-11)8-12-9-20-10-16-12/h4,7,9-11,13,19H,2-3,5-6,8H2,1H3/t13-/m1/s1. The molecular formula is C14H20N4OS. The second kappa shape index (κ2) is 6.03. The van der Waals surface area contributed by atoms with Crippen molar-refractivity contribution in [1.82, 2.24) is 19.4 Å². The van der Waals surface area contributed by atoms with Crippen LogP contribution in [0.2, 0.25) is 0 Å². The Morgan fingerprint density at radius 2 is 2.20 bits per heavy atom. The van der Waals surface area contributed by atoms with E-state index in [0.717, 1.165) is 44.0 Å². The number of hydrogen-bond donors (Lipinski definition) is 1. The number of hydrogen-bond acceptors (Lipinski definition) is 5. The first-order chi connectivity index (χ1) is 9.74. The van der Waals surface area contributed by atoms with Crippen LogP contribution in [-0.2, 0) is 13.6 Å². The second-order valence-corrected chi connectivity index (χ2v) is 6.15. The van der Waals surface area contributed by atoms with Crippen LogP contribution in [0.5, 0.6) is 0 Å². The molecule has 0 bridgehead atoms. The highest BCUT2D eigenvalue weighted by Crippen LogP contribution is 2.30. The van der Waals surface area contributed by atoms with Crippen molar-refractivity contribution in [2.24, 2.45) is 13.0 Å². The topological polar surface area (TPSA) is 54.2 Å². The van der Waals surface area contributed by atoms with Gasteiger partial charge in [-0.15, -0.1) is 11.3 Å². The highest BCUT2D eigenvalue weighted by Gasteiger charge is 2.28. The van der Waals surface area contributed by atoms with Gasteiger partial charge in [0.25, 0.3) is 0 Å². The van der Waals surface area contributed by atoms with Crippen molar-refractivity contribution in [3.8, 4) is 0 Å². The summed E-state index contributed by atoms with van der Waals surface area (Å²) in [6, 6.07) is 0. The summed E-state index contributed by atoms with van der Waals surface area (Å²) in [5, 5.41) is 12.6. The maximum atomic E-state index is 10.4. The molecule has 0 spiro atoms. The van der Waals surface area contributed by atoms with Gasteiger partial charge in [-0.25, -0.2) is 9.97 Å². The van der Waals surface area contributed by atoms with Gasteiger partial charge >= 0.3 is 0 Å². The van der Waals surface area contributed by atoms with Gasteiger partial charge in [0, 0.05) is 31.4 Å². The van der Waals surface area contributed by atoms with Crippen molar-refractivity contribution >= 4 is 11.3 Å². The minimum absolute atomic E-state index is 0.308. The van der Waals surface area contributed by atoms with Crippen LogP contribution < -0.4 is 0 Å². The summed E-state index contributed by atoms with van der Waals surface area (Å²) in [7, 11) is 1.93. The number of aryl methyl sites for hydroxylation is 1. The van der Waals surface area contributed by atoms with Gasteiger partial charge < -0.3 is 9.67 Å². The number of rotatable bonds is 4. The predicted molar refractivity (Wildman–Crippen MR) is 78.3 cm³/mol. The first-order valence-corrected chi connectivity index (χ1v) is 7.93. The monoisotopic (exact) mass is 292 g/mol. The molecule has 1 aliphatic heterocycles. The Balaban J connectivity index is 1.54. The zero-order valence-corrected chi connectivity index (χ0v) is 12.5. The number of thiazole rings is 1. The maximum absolute atomic E-state index is 10.4. The molecule has 2 aromatic heterocycles. The fourth-order valence-electron chi connectivity index (χ4n) is 2.84. The molecule has 108 valence electrons. The molecule has 2 aromatic rings. The Hall–Kier alpha value is -1.24. The minimum atomic E-state index is -0.448. The lowest BCUT2D eigenvalue weighted by molar-refractivity contribution is 0.0489. The molecular weight excluding hydrogens is 272 g/mol. The molecule has 1 saturated heterocycles. The molecule has 1 aliphatic rings. The molecule has 0 aromatic carbocycles. The van der Waals surface area contributed by atoms with Crippen molar-refractivity contribution in [3.63, 3.8) is 0 Å². The molecule has 3 rings (SSSR count). The SMILES string of the molecule is Cn1ccnc1[C@H](O)C1CCN(Cc2cscn2)CC1. The van der Waals surface area contributed by atoms with Gasteiger partial charge in [-0.3, -0.25) is 4.90 Å². The van der Waals surface area contributed by atoms with Gasteiger partial charge in [0.2, 0.25) is 0 Å². The van der Waals surface area contributed by atoms with Crippen LogP contribution in [0.25, 0.3) is 0 Å². The van der Waals surface area contributed by atoms with E-state index in [0.29, 0.717) is 5.92 Å². The zero-order valence-electron chi connectivity index (χ0n) is 11.6. The van der Waals surface area contributed by atoms with Gasteiger partial charge in [-0.05, 0) is 31.8 Å². The number of imidazole rings is 1. The first kappa shape index (κ1) is 13.7. The van der Waals surface area contributed by atoms with E-state index in [-0.39, 0.29) is 0 Å². The van der Waals surface area contributed by atoms with E-state index in [1.165, 1.54) is 0 Å².